The van der Waals surface area contributed by atoms with Gasteiger partial charge in [-0.15, -0.1) is 0 Å². The summed E-state index contributed by atoms with van der Waals surface area (Å²) in [6.45, 7) is 0.176. The van der Waals surface area contributed by atoms with Crippen LogP contribution >= 0.6 is 31.9 Å². The van der Waals surface area contributed by atoms with E-state index in [2.05, 4.69) is 37.0 Å². The fourth-order valence-corrected chi connectivity index (χ4v) is 2.44. The van der Waals surface area contributed by atoms with Gasteiger partial charge in [0.05, 0.1) is 6.54 Å². The smallest absolute Gasteiger partial charge is 0.129 e. The lowest BCUT2D eigenvalue weighted by Crippen LogP contribution is -2.04. The van der Waals surface area contributed by atoms with Crippen LogP contribution in [0.4, 0.5) is 8.78 Å². The Kier molecular flexibility index (Phi) is 3.39. The second-order valence-corrected chi connectivity index (χ2v) is 4.81. The summed E-state index contributed by atoms with van der Waals surface area (Å²) in [6.07, 6.45) is 0. The minimum atomic E-state index is -0.459. The fraction of sp³-hybridized carbons (Fsp3) is 0.100. The molecule has 1 aromatic carbocycles. The second kappa shape index (κ2) is 4.63. The maximum absolute atomic E-state index is 13.4. The van der Waals surface area contributed by atoms with Crippen molar-refractivity contribution in [2.45, 2.75) is 6.54 Å². The molecule has 0 amide bonds. The van der Waals surface area contributed by atoms with E-state index in [0.717, 1.165) is 18.2 Å². The molecular weight excluding hydrogens is 346 g/mol. The zero-order valence-electron chi connectivity index (χ0n) is 7.92. The number of benzene rings is 1. The Morgan fingerprint density at radius 1 is 1.19 bits per heavy atom. The molecule has 0 atom stereocenters. The molecule has 6 heteroatoms. The minimum absolute atomic E-state index is 0.176. The lowest BCUT2D eigenvalue weighted by atomic mass is 10.2. The van der Waals surface area contributed by atoms with Crippen LogP contribution in [0.25, 0.3) is 0 Å². The SMILES string of the molecule is Fc1ccc(F)c(Cn2nc(Br)cc2Br)c1. The summed E-state index contributed by atoms with van der Waals surface area (Å²) >= 11 is 6.47. The van der Waals surface area contributed by atoms with Crippen LogP contribution in [0.5, 0.6) is 0 Å². The van der Waals surface area contributed by atoms with Crippen LogP contribution < -0.4 is 0 Å². The standard InChI is InChI=1S/C10H6Br2F2N2/c11-9-4-10(12)16(15-9)5-6-3-7(13)1-2-8(6)14/h1-4H,5H2. The Morgan fingerprint density at radius 2 is 1.94 bits per heavy atom. The lowest BCUT2D eigenvalue weighted by molar-refractivity contribution is 0.563. The molecule has 1 heterocycles. The lowest BCUT2D eigenvalue weighted by Gasteiger charge is -2.05. The van der Waals surface area contributed by atoms with E-state index >= 15 is 0 Å². The first-order valence-electron chi connectivity index (χ1n) is 4.39. The Bertz CT molecular complexity index is 526. The number of hydrogen-bond acceptors (Lipinski definition) is 1. The molecule has 0 fully saturated rings. The van der Waals surface area contributed by atoms with Gasteiger partial charge in [0, 0.05) is 11.6 Å². The van der Waals surface area contributed by atoms with E-state index in [1.54, 1.807) is 6.07 Å². The molecule has 84 valence electrons. The summed E-state index contributed by atoms with van der Waals surface area (Å²) in [6, 6.07) is 5.10. The highest BCUT2D eigenvalue weighted by atomic mass is 79.9. The zero-order chi connectivity index (χ0) is 11.7. The molecule has 0 unspecified atom stereocenters. The normalized spacial score (nSPS) is 10.8. The van der Waals surface area contributed by atoms with Crippen LogP contribution in [-0.2, 0) is 6.54 Å². The van der Waals surface area contributed by atoms with Crippen LogP contribution in [-0.4, -0.2) is 9.78 Å². The summed E-state index contributed by atoms with van der Waals surface area (Å²) in [4.78, 5) is 0. The van der Waals surface area contributed by atoms with E-state index in [1.165, 1.54) is 4.68 Å². The van der Waals surface area contributed by atoms with Crippen LogP contribution in [0.2, 0.25) is 0 Å². The summed E-state index contributed by atoms with van der Waals surface area (Å²) in [5, 5.41) is 4.07. The predicted octanol–water partition coefficient (Wildman–Crippen LogP) is 3.73. The van der Waals surface area contributed by atoms with Gasteiger partial charge in [0.15, 0.2) is 0 Å². The molecule has 2 aromatic rings. The van der Waals surface area contributed by atoms with Gasteiger partial charge in [0.25, 0.3) is 0 Å². The van der Waals surface area contributed by atoms with E-state index in [4.69, 9.17) is 0 Å². The average Bonchev–Trinajstić information content (AvgIpc) is 2.51. The Hall–Kier alpha value is -0.750. The molecule has 0 aliphatic rings. The van der Waals surface area contributed by atoms with Gasteiger partial charge in [-0.2, -0.15) is 5.10 Å². The Labute approximate surface area is 108 Å². The largest absolute Gasteiger partial charge is 0.253 e. The van der Waals surface area contributed by atoms with Crippen molar-refractivity contribution in [1.82, 2.24) is 9.78 Å². The minimum Gasteiger partial charge on any atom is -0.253 e. The van der Waals surface area contributed by atoms with E-state index in [1.807, 2.05) is 0 Å². The summed E-state index contributed by atoms with van der Waals surface area (Å²) in [5.74, 6) is -0.904. The van der Waals surface area contributed by atoms with Gasteiger partial charge in [-0.3, -0.25) is 4.68 Å². The number of hydrogen-bond donors (Lipinski definition) is 0. The van der Waals surface area contributed by atoms with Gasteiger partial charge in [-0.05, 0) is 50.1 Å². The zero-order valence-corrected chi connectivity index (χ0v) is 11.1. The van der Waals surface area contributed by atoms with Crippen molar-refractivity contribution >= 4 is 31.9 Å². The summed E-state index contributed by atoms with van der Waals surface area (Å²) in [7, 11) is 0. The predicted molar refractivity (Wildman–Crippen MR) is 63.1 cm³/mol. The van der Waals surface area contributed by atoms with Crippen molar-refractivity contribution in [3.8, 4) is 0 Å². The molecule has 2 rings (SSSR count). The number of nitrogens with zero attached hydrogens (tertiary/aromatic N) is 2. The molecule has 16 heavy (non-hydrogen) atoms. The molecule has 0 spiro atoms. The first-order valence-corrected chi connectivity index (χ1v) is 5.97. The molecule has 2 nitrogen and oxygen atoms in total. The van der Waals surface area contributed by atoms with Crippen molar-refractivity contribution in [2.24, 2.45) is 0 Å². The highest BCUT2D eigenvalue weighted by Crippen LogP contribution is 2.19. The molecular formula is C10H6Br2F2N2. The molecule has 0 aliphatic carbocycles. The molecule has 0 saturated carbocycles. The highest BCUT2D eigenvalue weighted by Gasteiger charge is 2.08. The second-order valence-electron chi connectivity index (χ2n) is 3.18. The van der Waals surface area contributed by atoms with Crippen LogP contribution in [0.3, 0.4) is 0 Å². The van der Waals surface area contributed by atoms with E-state index in [9.17, 15) is 8.78 Å². The topological polar surface area (TPSA) is 17.8 Å². The van der Waals surface area contributed by atoms with Gasteiger partial charge in [-0.1, -0.05) is 0 Å². The number of rotatable bonds is 2. The van der Waals surface area contributed by atoms with Gasteiger partial charge in [0.2, 0.25) is 0 Å². The maximum atomic E-state index is 13.4. The van der Waals surface area contributed by atoms with E-state index in [-0.39, 0.29) is 12.1 Å². The molecule has 0 radical (unpaired) electrons. The van der Waals surface area contributed by atoms with E-state index in [0.29, 0.717) is 9.21 Å². The van der Waals surface area contributed by atoms with Crippen molar-refractivity contribution < 1.29 is 8.78 Å². The quantitative estimate of drug-likeness (QED) is 0.806. The Balaban J connectivity index is 2.33. The number of halogens is 4. The Morgan fingerprint density at radius 3 is 2.56 bits per heavy atom. The van der Waals surface area contributed by atoms with E-state index < -0.39 is 11.6 Å². The average molecular weight is 352 g/mol. The maximum Gasteiger partial charge on any atom is 0.129 e. The summed E-state index contributed by atoms with van der Waals surface area (Å²) < 4.78 is 29.2. The van der Waals surface area contributed by atoms with Crippen molar-refractivity contribution in [1.29, 1.82) is 0 Å². The van der Waals surface area contributed by atoms with Gasteiger partial charge >= 0.3 is 0 Å². The molecule has 0 saturated heterocycles. The molecule has 0 N–H and O–H groups in total. The van der Waals surface area contributed by atoms with Crippen LogP contribution in [0.15, 0.2) is 33.5 Å². The van der Waals surface area contributed by atoms with Gasteiger partial charge < -0.3 is 0 Å². The monoisotopic (exact) mass is 350 g/mol. The first kappa shape index (κ1) is 11.7. The molecule has 0 aliphatic heterocycles. The van der Waals surface area contributed by atoms with Crippen molar-refractivity contribution in [3.63, 3.8) is 0 Å². The summed E-state index contributed by atoms with van der Waals surface area (Å²) in [5.41, 5.74) is 0.260. The van der Waals surface area contributed by atoms with Gasteiger partial charge in [-0.25, -0.2) is 8.78 Å². The fourth-order valence-electron chi connectivity index (χ4n) is 1.30. The van der Waals surface area contributed by atoms with Gasteiger partial charge in [0.1, 0.15) is 20.8 Å². The first-order chi connectivity index (χ1) is 7.56. The van der Waals surface area contributed by atoms with Crippen LogP contribution in [0.1, 0.15) is 5.56 Å². The number of aromatic nitrogens is 2. The molecule has 1 aromatic heterocycles. The highest BCUT2D eigenvalue weighted by molar-refractivity contribution is 9.11. The van der Waals surface area contributed by atoms with Crippen molar-refractivity contribution in [2.75, 3.05) is 0 Å². The molecule has 0 bridgehead atoms. The van der Waals surface area contributed by atoms with Crippen LogP contribution in [0, 0.1) is 11.6 Å². The third-order valence-electron chi connectivity index (χ3n) is 2.03. The third kappa shape index (κ3) is 2.49. The third-order valence-corrected chi connectivity index (χ3v) is 3.05. The van der Waals surface area contributed by atoms with Crippen molar-refractivity contribution in [3.05, 3.63) is 50.7 Å².